The van der Waals surface area contributed by atoms with Gasteiger partial charge in [0, 0.05) is 65.0 Å². The van der Waals surface area contributed by atoms with E-state index in [9.17, 15) is 14.4 Å². The maximum absolute atomic E-state index is 14.9. The van der Waals surface area contributed by atoms with E-state index in [0.29, 0.717) is 57.7 Å². The molecule has 0 saturated heterocycles. The number of carbonyl (C=O) groups is 3. The van der Waals surface area contributed by atoms with Crippen molar-refractivity contribution in [3.05, 3.63) is 120 Å². The van der Waals surface area contributed by atoms with Crippen molar-refractivity contribution in [2.45, 2.75) is 95.4 Å². The van der Waals surface area contributed by atoms with Crippen molar-refractivity contribution in [1.82, 2.24) is 35.8 Å². The van der Waals surface area contributed by atoms with E-state index in [-0.39, 0.29) is 36.2 Å². The van der Waals surface area contributed by atoms with E-state index in [4.69, 9.17) is 18.9 Å². The highest BCUT2D eigenvalue weighted by Gasteiger charge is 2.42. The third-order valence-corrected chi connectivity index (χ3v) is 13.9. The number of rotatable bonds is 19. The summed E-state index contributed by atoms with van der Waals surface area (Å²) in [5.74, 6) is 0.573. The molecule has 1 fully saturated rings. The first-order valence-corrected chi connectivity index (χ1v) is 24.3. The molecular formula is C54H63N7O7. The lowest BCUT2D eigenvalue weighted by atomic mass is 9.82. The lowest BCUT2D eigenvalue weighted by Gasteiger charge is -2.41. The molecule has 0 radical (unpaired) electrons. The van der Waals surface area contributed by atoms with Crippen LogP contribution in [-0.2, 0) is 43.2 Å². The van der Waals surface area contributed by atoms with Crippen molar-refractivity contribution in [2.24, 2.45) is 5.92 Å². The average Bonchev–Trinajstić information content (AvgIpc) is 3.76. The largest absolute Gasteiger partial charge is 0.491 e. The summed E-state index contributed by atoms with van der Waals surface area (Å²) >= 11 is 0. The van der Waals surface area contributed by atoms with E-state index in [1.54, 1.807) is 25.1 Å². The van der Waals surface area contributed by atoms with Crippen LogP contribution in [0, 0.1) is 5.92 Å². The summed E-state index contributed by atoms with van der Waals surface area (Å²) in [6, 6.07) is 24.3. The standard InChI is InChI=1S/C54H63N7O7/c1-35(55-2)52(62)60-51(37-10-4-3-5-11-37)54(64)61-34-41-29-42(18-15-39(41)31-49(61)53(63)59-46-14-8-12-36-9-6-7-13-43(36)46)67-27-25-65-23-24-66-26-28-68-50-20-17-40(32-57-50)38-16-19-44-45-33-56-22-21-47(45)58-48(44)30-38/h6-7,9,13,15-22,29-30,32-33,35,37,46,49,51,55,58H,3-5,8,10-12,14,23-28,31,34H2,1-2H3,(H,59,63)(H,60,62)/t35?,46-,49+,51?/m0/s1. The van der Waals surface area contributed by atoms with Gasteiger partial charge in [0.1, 0.15) is 31.0 Å². The number of nitrogens with one attached hydrogen (secondary N) is 4. The summed E-state index contributed by atoms with van der Waals surface area (Å²) in [4.78, 5) is 56.6. The molecule has 4 heterocycles. The second-order valence-electron chi connectivity index (χ2n) is 18.3. The number of aryl methyl sites for hydroxylation is 1. The Hall–Kier alpha value is -6.35. The zero-order chi connectivity index (χ0) is 46.8. The number of hydrogen-bond donors (Lipinski definition) is 4. The molecule has 68 heavy (non-hydrogen) atoms. The van der Waals surface area contributed by atoms with Gasteiger partial charge >= 0.3 is 0 Å². The van der Waals surface area contributed by atoms with Crippen LogP contribution in [0.2, 0.25) is 0 Å². The van der Waals surface area contributed by atoms with Crippen LogP contribution < -0.4 is 25.4 Å². The number of benzene rings is 3. The number of aromatic amines is 1. The number of pyridine rings is 2. The molecule has 14 nitrogen and oxygen atoms in total. The molecule has 4 N–H and O–H groups in total. The average molecular weight is 922 g/mol. The van der Waals surface area contributed by atoms with Gasteiger partial charge < -0.3 is 44.8 Å². The fourth-order valence-corrected chi connectivity index (χ4v) is 10.0. The quantitative estimate of drug-likeness (QED) is 0.0602. The van der Waals surface area contributed by atoms with Crippen molar-refractivity contribution in [3.63, 3.8) is 0 Å². The van der Waals surface area contributed by atoms with E-state index < -0.39 is 18.1 Å². The molecule has 3 aromatic carbocycles. The van der Waals surface area contributed by atoms with Gasteiger partial charge in [0.05, 0.1) is 38.5 Å². The Morgan fingerprint density at radius 3 is 2.37 bits per heavy atom. The van der Waals surface area contributed by atoms with Crippen molar-refractivity contribution in [3.8, 4) is 22.8 Å². The Labute approximate surface area is 397 Å². The first kappa shape index (κ1) is 46.7. The number of aromatic nitrogens is 3. The van der Waals surface area contributed by atoms with Gasteiger partial charge in [-0.25, -0.2) is 4.98 Å². The van der Waals surface area contributed by atoms with Gasteiger partial charge in [0.2, 0.25) is 23.6 Å². The summed E-state index contributed by atoms with van der Waals surface area (Å²) in [6.07, 6.45) is 13.5. The molecule has 0 bridgehead atoms. The van der Waals surface area contributed by atoms with Gasteiger partial charge in [-0.3, -0.25) is 19.4 Å². The number of fused-ring (bicyclic) bond motifs is 5. The molecule has 9 rings (SSSR count). The Morgan fingerprint density at radius 1 is 0.765 bits per heavy atom. The number of amides is 3. The molecule has 4 atom stereocenters. The van der Waals surface area contributed by atoms with Gasteiger partial charge in [-0.2, -0.15) is 0 Å². The van der Waals surface area contributed by atoms with E-state index in [1.807, 2.05) is 60.9 Å². The minimum atomic E-state index is -0.733. The second-order valence-corrected chi connectivity index (χ2v) is 18.3. The molecule has 6 aromatic rings. The molecule has 2 aliphatic carbocycles. The van der Waals surface area contributed by atoms with Crippen LogP contribution in [0.15, 0.2) is 97.5 Å². The predicted octanol–water partition coefficient (Wildman–Crippen LogP) is 7.39. The molecule has 2 unspecified atom stereocenters. The van der Waals surface area contributed by atoms with E-state index in [1.165, 1.54) is 5.56 Å². The minimum absolute atomic E-state index is 0.00723. The van der Waals surface area contributed by atoms with Gasteiger partial charge in [-0.05, 0) is 110 Å². The zero-order valence-electron chi connectivity index (χ0n) is 39.1. The zero-order valence-corrected chi connectivity index (χ0v) is 39.1. The number of nitrogens with zero attached hydrogens (tertiary/aromatic N) is 3. The normalized spacial score (nSPS) is 18.1. The fourth-order valence-electron chi connectivity index (χ4n) is 10.0. The molecule has 3 amide bonds. The first-order valence-electron chi connectivity index (χ1n) is 24.3. The maximum atomic E-state index is 14.9. The minimum Gasteiger partial charge on any atom is -0.491 e. The summed E-state index contributed by atoms with van der Waals surface area (Å²) in [5.41, 5.74) is 8.49. The number of likely N-dealkylation sites (N-methyl/N-ethyl adjacent to an activating group) is 1. The van der Waals surface area contributed by atoms with Crippen LogP contribution in [0.1, 0.15) is 80.2 Å². The van der Waals surface area contributed by atoms with Crippen LogP contribution in [0.3, 0.4) is 0 Å². The lowest BCUT2D eigenvalue weighted by Crippen LogP contribution is -2.60. The molecular weight excluding hydrogens is 859 g/mol. The van der Waals surface area contributed by atoms with E-state index in [0.717, 1.165) is 101 Å². The number of ether oxygens (including phenoxy) is 4. The van der Waals surface area contributed by atoms with Crippen molar-refractivity contribution in [1.29, 1.82) is 0 Å². The summed E-state index contributed by atoms with van der Waals surface area (Å²) in [7, 11) is 1.73. The molecule has 3 aromatic heterocycles. The van der Waals surface area contributed by atoms with Crippen LogP contribution in [0.25, 0.3) is 32.9 Å². The molecule has 356 valence electrons. The molecule has 1 aliphatic heterocycles. The Kier molecular flexibility index (Phi) is 15.2. The number of hydrogen-bond acceptors (Lipinski definition) is 10. The first-order chi connectivity index (χ1) is 33.3. The Bertz CT molecular complexity index is 2680. The Balaban J connectivity index is 0.756. The number of carbonyl (C=O) groups excluding carboxylic acids is 3. The van der Waals surface area contributed by atoms with E-state index >= 15 is 0 Å². The van der Waals surface area contributed by atoms with E-state index in [2.05, 4.69) is 61.2 Å². The topological polar surface area (TPSA) is 169 Å². The molecule has 14 heteroatoms. The van der Waals surface area contributed by atoms with Crippen LogP contribution in [-0.4, -0.2) is 102 Å². The fraction of sp³-hybridized carbons (Fsp3) is 0.426. The highest BCUT2D eigenvalue weighted by atomic mass is 16.6. The van der Waals surface area contributed by atoms with Crippen LogP contribution in [0.5, 0.6) is 11.6 Å². The van der Waals surface area contributed by atoms with Crippen molar-refractivity contribution < 1.29 is 33.3 Å². The molecule has 1 saturated carbocycles. The third kappa shape index (κ3) is 11.0. The van der Waals surface area contributed by atoms with Crippen LogP contribution >= 0.6 is 0 Å². The van der Waals surface area contributed by atoms with Crippen molar-refractivity contribution >= 4 is 39.5 Å². The highest BCUT2D eigenvalue weighted by molar-refractivity contribution is 6.07. The van der Waals surface area contributed by atoms with Gasteiger partial charge in [0.25, 0.3) is 0 Å². The monoisotopic (exact) mass is 921 g/mol. The molecule has 0 spiro atoms. The summed E-state index contributed by atoms with van der Waals surface area (Å²) < 4.78 is 23.5. The van der Waals surface area contributed by atoms with Gasteiger partial charge in [-0.1, -0.05) is 61.7 Å². The number of H-pyrrole nitrogens is 1. The van der Waals surface area contributed by atoms with Gasteiger partial charge in [0.15, 0.2) is 0 Å². The molecule has 3 aliphatic rings. The second kappa shape index (κ2) is 22.2. The summed E-state index contributed by atoms with van der Waals surface area (Å²) in [6.45, 7) is 4.26. The Morgan fingerprint density at radius 2 is 1.56 bits per heavy atom. The maximum Gasteiger partial charge on any atom is 0.246 e. The summed E-state index contributed by atoms with van der Waals surface area (Å²) in [5, 5.41) is 11.7. The third-order valence-electron chi connectivity index (χ3n) is 13.9. The lowest BCUT2D eigenvalue weighted by molar-refractivity contribution is -0.146. The highest BCUT2D eigenvalue weighted by Crippen LogP contribution is 2.35. The predicted molar refractivity (Wildman–Crippen MR) is 261 cm³/mol. The van der Waals surface area contributed by atoms with Crippen molar-refractivity contribution in [2.75, 3.05) is 46.7 Å². The SMILES string of the molecule is CNC(C)C(=O)NC(C(=O)N1Cc2cc(OCCOCCOCCOc3ccc(-c4ccc5c(c4)[nH]c4ccncc45)cn3)ccc2C[C@@H]1C(=O)N[C@H]1CCCc2ccccc21)C1CCCCC1. The van der Waals surface area contributed by atoms with Gasteiger partial charge in [-0.15, -0.1) is 0 Å². The smallest absolute Gasteiger partial charge is 0.246 e. The van der Waals surface area contributed by atoms with Crippen LogP contribution in [0.4, 0.5) is 0 Å².